The minimum absolute atomic E-state index is 0.266. The van der Waals surface area contributed by atoms with Gasteiger partial charge in [-0.25, -0.2) is 0 Å². The number of carbonyl (C=O) groups excluding carboxylic acids is 1. The SMILES string of the molecule is CCC(C)c1ccc(OCC(NC2CC2)C(=O)OC)cc1. The van der Waals surface area contributed by atoms with Gasteiger partial charge in [0, 0.05) is 6.04 Å². The second kappa shape index (κ2) is 7.46. The summed E-state index contributed by atoms with van der Waals surface area (Å²) in [5.41, 5.74) is 1.31. The van der Waals surface area contributed by atoms with Crippen molar-refractivity contribution < 1.29 is 14.3 Å². The van der Waals surface area contributed by atoms with E-state index in [-0.39, 0.29) is 5.97 Å². The van der Waals surface area contributed by atoms with Gasteiger partial charge in [-0.1, -0.05) is 26.0 Å². The first kappa shape index (κ1) is 15.8. The van der Waals surface area contributed by atoms with Crippen molar-refractivity contribution in [2.45, 2.75) is 51.1 Å². The Kier molecular flexibility index (Phi) is 5.62. The number of benzene rings is 1. The quantitative estimate of drug-likeness (QED) is 0.748. The maximum absolute atomic E-state index is 11.7. The number of hydrogen-bond acceptors (Lipinski definition) is 4. The zero-order valence-electron chi connectivity index (χ0n) is 13.1. The number of methoxy groups -OCH3 is 1. The van der Waals surface area contributed by atoms with Crippen LogP contribution in [0.4, 0.5) is 0 Å². The van der Waals surface area contributed by atoms with Gasteiger partial charge in [0.2, 0.25) is 0 Å². The highest BCUT2D eigenvalue weighted by Gasteiger charge is 2.29. The van der Waals surface area contributed by atoms with Crippen molar-refractivity contribution >= 4 is 5.97 Å². The Morgan fingerprint density at radius 3 is 2.52 bits per heavy atom. The summed E-state index contributed by atoms with van der Waals surface area (Å²) in [7, 11) is 1.41. The summed E-state index contributed by atoms with van der Waals surface area (Å²) in [6.07, 6.45) is 3.37. The first-order valence-electron chi connectivity index (χ1n) is 7.70. The number of hydrogen-bond donors (Lipinski definition) is 1. The highest BCUT2D eigenvalue weighted by Crippen LogP contribution is 2.22. The van der Waals surface area contributed by atoms with E-state index < -0.39 is 6.04 Å². The summed E-state index contributed by atoms with van der Waals surface area (Å²) in [6, 6.07) is 8.15. The zero-order valence-corrected chi connectivity index (χ0v) is 13.1. The minimum atomic E-state index is -0.392. The molecule has 0 spiro atoms. The molecule has 1 aromatic rings. The lowest BCUT2D eigenvalue weighted by Crippen LogP contribution is -2.43. The molecule has 0 heterocycles. The maximum atomic E-state index is 11.7. The van der Waals surface area contributed by atoms with Gasteiger partial charge >= 0.3 is 5.97 Å². The average Bonchev–Trinajstić information content (AvgIpc) is 3.34. The lowest BCUT2D eigenvalue weighted by Gasteiger charge is -2.17. The van der Waals surface area contributed by atoms with Crippen molar-refractivity contribution in [3.05, 3.63) is 29.8 Å². The number of rotatable bonds is 8. The highest BCUT2D eigenvalue weighted by molar-refractivity contribution is 5.75. The second-order valence-electron chi connectivity index (χ2n) is 5.71. The van der Waals surface area contributed by atoms with E-state index in [1.165, 1.54) is 12.7 Å². The van der Waals surface area contributed by atoms with Crippen LogP contribution in [-0.2, 0) is 9.53 Å². The fourth-order valence-corrected chi connectivity index (χ4v) is 2.17. The fourth-order valence-electron chi connectivity index (χ4n) is 2.17. The molecule has 0 aromatic heterocycles. The van der Waals surface area contributed by atoms with Gasteiger partial charge in [-0.2, -0.15) is 0 Å². The van der Waals surface area contributed by atoms with E-state index in [4.69, 9.17) is 9.47 Å². The van der Waals surface area contributed by atoms with Gasteiger partial charge in [0.15, 0.2) is 0 Å². The molecule has 1 saturated carbocycles. The Labute approximate surface area is 126 Å². The highest BCUT2D eigenvalue weighted by atomic mass is 16.5. The molecule has 0 radical (unpaired) electrons. The van der Waals surface area contributed by atoms with Crippen LogP contribution >= 0.6 is 0 Å². The second-order valence-corrected chi connectivity index (χ2v) is 5.71. The molecule has 116 valence electrons. The lowest BCUT2D eigenvalue weighted by atomic mass is 9.99. The van der Waals surface area contributed by atoms with Crippen LogP contribution < -0.4 is 10.1 Å². The van der Waals surface area contributed by atoms with E-state index in [0.29, 0.717) is 18.6 Å². The molecule has 0 bridgehead atoms. The summed E-state index contributed by atoms with van der Waals surface area (Å²) >= 11 is 0. The van der Waals surface area contributed by atoms with Crippen molar-refractivity contribution in [1.82, 2.24) is 5.32 Å². The van der Waals surface area contributed by atoms with Crippen LogP contribution in [0.25, 0.3) is 0 Å². The molecule has 1 aliphatic rings. The van der Waals surface area contributed by atoms with Gasteiger partial charge in [-0.05, 0) is 42.9 Å². The number of esters is 1. The van der Waals surface area contributed by atoms with Gasteiger partial charge in [-0.15, -0.1) is 0 Å². The van der Waals surface area contributed by atoms with Gasteiger partial charge in [-0.3, -0.25) is 10.1 Å². The third-order valence-electron chi connectivity index (χ3n) is 3.98. The molecule has 1 N–H and O–H groups in total. The van der Waals surface area contributed by atoms with Crippen LogP contribution in [0.2, 0.25) is 0 Å². The van der Waals surface area contributed by atoms with Crippen LogP contribution in [0.5, 0.6) is 5.75 Å². The summed E-state index contributed by atoms with van der Waals surface area (Å²) in [5.74, 6) is 1.07. The predicted molar refractivity (Wildman–Crippen MR) is 82.6 cm³/mol. The summed E-state index contributed by atoms with van der Waals surface area (Å²) in [5, 5.41) is 3.25. The Morgan fingerprint density at radius 2 is 2.00 bits per heavy atom. The van der Waals surface area contributed by atoms with E-state index >= 15 is 0 Å². The maximum Gasteiger partial charge on any atom is 0.326 e. The fraction of sp³-hybridized carbons (Fsp3) is 0.588. The van der Waals surface area contributed by atoms with E-state index in [1.807, 2.05) is 12.1 Å². The monoisotopic (exact) mass is 291 g/mol. The summed E-state index contributed by atoms with van der Waals surface area (Å²) in [4.78, 5) is 11.7. The Morgan fingerprint density at radius 1 is 1.33 bits per heavy atom. The molecular formula is C17H25NO3. The van der Waals surface area contributed by atoms with Crippen LogP contribution in [0, 0.1) is 0 Å². The van der Waals surface area contributed by atoms with Crippen molar-refractivity contribution in [2.24, 2.45) is 0 Å². The normalized spacial score (nSPS) is 17.1. The molecule has 1 aromatic carbocycles. The lowest BCUT2D eigenvalue weighted by molar-refractivity contribution is -0.144. The third kappa shape index (κ3) is 4.74. The van der Waals surface area contributed by atoms with Crippen LogP contribution in [0.3, 0.4) is 0 Å². The summed E-state index contributed by atoms with van der Waals surface area (Å²) in [6.45, 7) is 4.69. The molecule has 2 unspecified atom stereocenters. The van der Waals surface area contributed by atoms with E-state index in [9.17, 15) is 4.79 Å². The van der Waals surface area contributed by atoms with Crippen molar-refractivity contribution in [1.29, 1.82) is 0 Å². The van der Waals surface area contributed by atoms with E-state index in [1.54, 1.807) is 0 Å². The molecule has 1 aliphatic carbocycles. The number of nitrogens with one attached hydrogen (secondary N) is 1. The van der Waals surface area contributed by atoms with Gasteiger partial charge in [0.05, 0.1) is 7.11 Å². The van der Waals surface area contributed by atoms with E-state index in [0.717, 1.165) is 25.0 Å². The molecule has 4 nitrogen and oxygen atoms in total. The van der Waals surface area contributed by atoms with Crippen LogP contribution in [0.1, 0.15) is 44.6 Å². The van der Waals surface area contributed by atoms with E-state index in [2.05, 4.69) is 31.3 Å². The van der Waals surface area contributed by atoms with Crippen molar-refractivity contribution in [2.75, 3.05) is 13.7 Å². The van der Waals surface area contributed by atoms with Gasteiger partial charge < -0.3 is 9.47 Å². The topological polar surface area (TPSA) is 47.6 Å². The Balaban J connectivity index is 1.88. The average molecular weight is 291 g/mol. The molecule has 4 heteroatoms. The first-order chi connectivity index (χ1) is 10.1. The minimum Gasteiger partial charge on any atom is -0.491 e. The number of ether oxygens (including phenoxy) is 2. The standard InChI is InChI=1S/C17H25NO3/c1-4-12(2)13-5-9-15(10-6-13)21-11-16(17(19)20-3)18-14-7-8-14/h5-6,9-10,12,14,16,18H,4,7-8,11H2,1-3H3. The molecule has 0 amide bonds. The van der Waals surface area contributed by atoms with Gasteiger partial charge in [0.25, 0.3) is 0 Å². The van der Waals surface area contributed by atoms with Crippen molar-refractivity contribution in [3.8, 4) is 5.75 Å². The molecule has 2 rings (SSSR count). The molecule has 21 heavy (non-hydrogen) atoms. The first-order valence-corrected chi connectivity index (χ1v) is 7.70. The van der Waals surface area contributed by atoms with Crippen LogP contribution in [-0.4, -0.2) is 31.8 Å². The zero-order chi connectivity index (χ0) is 15.2. The largest absolute Gasteiger partial charge is 0.491 e. The smallest absolute Gasteiger partial charge is 0.326 e. The molecule has 0 aliphatic heterocycles. The molecule has 0 saturated heterocycles. The predicted octanol–water partition coefficient (Wildman–Crippen LogP) is 2.87. The van der Waals surface area contributed by atoms with Crippen LogP contribution in [0.15, 0.2) is 24.3 Å². The Bertz CT molecular complexity index is 454. The Hall–Kier alpha value is -1.55. The van der Waals surface area contributed by atoms with Crippen molar-refractivity contribution in [3.63, 3.8) is 0 Å². The third-order valence-corrected chi connectivity index (χ3v) is 3.98. The molecule has 2 atom stereocenters. The number of carbonyl (C=O) groups is 1. The van der Waals surface area contributed by atoms with Gasteiger partial charge in [0.1, 0.15) is 18.4 Å². The molecular weight excluding hydrogens is 266 g/mol. The molecule has 1 fully saturated rings. The summed E-state index contributed by atoms with van der Waals surface area (Å²) < 4.78 is 10.5.